The van der Waals surface area contributed by atoms with Crippen molar-refractivity contribution in [3.05, 3.63) is 59.7 Å². The van der Waals surface area contributed by atoms with E-state index in [1.807, 2.05) is 38.1 Å². The predicted octanol–water partition coefficient (Wildman–Crippen LogP) is 7.10. The van der Waals surface area contributed by atoms with E-state index in [-0.39, 0.29) is 0 Å². The van der Waals surface area contributed by atoms with Crippen LogP contribution in [0.3, 0.4) is 0 Å². The molecule has 0 aliphatic heterocycles. The molecular formula is C22H31O4P. The van der Waals surface area contributed by atoms with Crippen LogP contribution in [0.1, 0.15) is 50.7 Å². The predicted molar refractivity (Wildman–Crippen MR) is 110 cm³/mol. The zero-order chi connectivity index (χ0) is 19.7. The zero-order valence-electron chi connectivity index (χ0n) is 16.8. The maximum absolute atomic E-state index is 13.3. The summed E-state index contributed by atoms with van der Waals surface area (Å²) in [6.45, 7) is 8.62. The molecular weight excluding hydrogens is 359 g/mol. The number of phosphoric acid groups is 1. The molecule has 2 aromatic rings. The fourth-order valence-electron chi connectivity index (χ4n) is 2.62. The van der Waals surface area contributed by atoms with Crippen LogP contribution in [-0.4, -0.2) is 6.61 Å². The van der Waals surface area contributed by atoms with Crippen molar-refractivity contribution in [1.82, 2.24) is 0 Å². The molecule has 0 aliphatic carbocycles. The first-order valence-corrected chi connectivity index (χ1v) is 11.2. The Morgan fingerprint density at radius 3 is 1.74 bits per heavy atom. The van der Waals surface area contributed by atoms with Crippen LogP contribution >= 0.6 is 7.82 Å². The zero-order valence-corrected chi connectivity index (χ0v) is 17.7. The standard InChI is InChI=1S/C22H31O4P/c1-5-7-8-20(6-2)17-24-27(23,25-21-13-9-18(3)10-14-21)26-22-15-11-19(4)12-16-22/h9-16,20H,5-8,17H2,1-4H3. The fraction of sp³-hybridized carbons (Fsp3) is 0.455. The van der Waals surface area contributed by atoms with E-state index in [0.717, 1.165) is 36.8 Å². The summed E-state index contributed by atoms with van der Waals surface area (Å²) in [6, 6.07) is 14.7. The molecule has 0 fully saturated rings. The summed E-state index contributed by atoms with van der Waals surface area (Å²) in [5, 5.41) is 0. The maximum atomic E-state index is 13.3. The SMILES string of the molecule is CCCCC(CC)COP(=O)(Oc1ccc(C)cc1)Oc1ccc(C)cc1. The summed E-state index contributed by atoms with van der Waals surface area (Å²) in [5.41, 5.74) is 2.20. The Kier molecular flexibility index (Phi) is 8.40. The lowest BCUT2D eigenvalue weighted by Gasteiger charge is -2.22. The van der Waals surface area contributed by atoms with Crippen molar-refractivity contribution >= 4 is 7.82 Å². The number of hydrogen-bond donors (Lipinski definition) is 0. The van der Waals surface area contributed by atoms with Gasteiger partial charge in [-0.25, -0.2) is 4.57 Å². The Balaban J connectivity index is 2.14. The molecule has 2 aromatic carbocycles. The number of benzene rings is 2. The minimum Gasteiger partial charge on any atom is -0.395 e. The van der Waals surface area contributed by atoms with Crippen molar-refractivity contribution in [3.8, 4) is 11.5 Å². The van der Waals surface area contributed by atoms with Gasteiger partial charge in [-0.2, -0.15) is 0 Å². The second-order valence-corrected chi connectivity index (χ2v) is 8.49. The molecule has 148 valence electrons. The van der Waals surface area contributed by atoms with Gasteiger partial charge in [-0.1, -0.05) is 68.5 Å². The number of phosphoric ester groups is 1. The molecule has 4 nitrogen and oxygen atoms in total. The van der Waals surface area contributed by atoms with Crippen LogP contribution in [0, 0.1) is 19.8 Å². The minimum atomic E-state index is -3.79. The molecule has 0 spiro atoms. The van der Waals surface area contributed by atoms with Crippen LogP contribution in [0.5, 0.6) is 11.5 Å². The minimum absolute atomic E-state index is 0.335. The molecule has 1 atom stereocenters. The van der Waals surface area contributed by atoms with Gasteiger partial charge in [0.2, 0.25) is 0 Å². The van der Waals surface area contributed by atoms with Gasteiger partial charge >= 0.3 is 7.82 Å². The van der Waals surface area contributed by atoms with Gasteiger partial charge in [0, 0.05) is 0 Å². The number of unbranched alkanes of at least 4 members (excludes halogenated alkanes) is 1. The van der Waals surface area contributed by atoms with E-state index in [2.05, 4.69) is 13.8 Å². The average Bonchev–Trinajstić information content (AvgIpc) is 2.66. The van der Waals surface area contributed by atoms with E-state index in [9.17, 15) is 4.57 Å². The first-order chi connectivity index (χ1) is 12.9. The first-order valence-electron chi connectivity index (χ1n) is 9.71. The molecule has 5 heteroatoms. The number of rotatable bonds is 11. The summed E-state index contributed by atoms with van der Waals surface area (Å²) in [7, 11) is -3.79. The van der Waals surface area contributed by atoms with E-state index in [0.29, 0.717) is 24.0 Å². The van der Waals surface area contributed by atoms with Crippen molar-refractivity contribution in [3.63, 3.8) is 0 Å². The summed E-state index contributed by atoms with van der Waals surface area (Å²) in [4.78, 5) is 0. The largest absolute Gasteiger partial charge is 0.587 e. The topological polar surface area (TPSA) is 44.8 Å². The highest BCUT2D eigenvalue weighted by Crippen LogP contribution is 2.50. The third kappa shape index (κ3) is 7.40. The molecule has 27 heavy (non-hydrogen) atoms. The second kappa shape index (κ2) is 10.5. The molecule has 0 saturated carbocycles. The first kappa shape index (κ1) is 21.5. The van der Waals surface area contributed by atoms with Crippen LogP contribution in [-0.2, 0) is 9.09 Å². The summed E-state index contributed by atoms with van der Waals surface area (Å²) >= 11 is 0. The van der Waals surface area contributed by atoms with E-state index in [1.54, 1.807) is 24.3 Å². The monoisotopic (exact) mass is 390 g/mol. The lowest BCUT2D eigenvalue weighted by Crippen LogP contribution is -2.12. The average molecular weight is 390 g/mol. The molecule has 2 rings (SSSR count). The molecule has 1 unspecified atom stereocenters. The van der Waals surface area contributed by atoms with Crippen molar-refractivity contribution in [2.24, 2.45) is 5.92 Å². The molecule has 0 aliphatic rings. The van der Waals surface area contributed by atoms with Crippen LogP contribution < -0.4 is 9.05 Å². The lowest BCUT2D eigenvalue weighted by molar-refractivity contribution is 0.170. The van der Waals surface area contributed by atoms with Gasteiger partial charge < -0.3 is 9.05 Å². The van der Waals surface area contributed by atoms with E-state index >= 15 is 0 Å². The van der Waals surface area contributed by atoms with Crippen molar-refractivity contribution in [2.45, 2.75) is 53.4 Å². The van der Waals surface area contributed by atoms with Gasteiger partial charge in [-0.05, 0) is 50.5 Å². The highest BCUT2D eigenvalue weighted by Gasteiger charge is 2.32. The Labute approximate surface area is 163 Å². The Bertz CT molecular complexity index is 673. The number of aryl methyl sites for hydroxylation is 2. The van der Waals surface area contributed by atoms with Gasteiger partial charge in [0.05, 0.1) is 6.61 Å². The third-order valence-electron chi connectivity index (χ3n) is 4.49. The van der Waals surface area contributed by atoms with E-state index in [4.69, 9.17) is 13.6 Å². The summed E-state index contributed by atoms with van der Waals surface area (Å²) in [6.07, 6.45) is 4.27. The van der Waals surface area contributed by atoms with Gasteiger partial charge in [-0.3, -0.25) is 4.52 Å². The molecule has 0 aromatic heterocycles. The molecule has 0 saturated heterocycles. The third-order valence-corrected chi connectivity index (χ3v) is 5.82. The Morgan fingerprint density at radius 1 is 0.852 bits per heavy atom. The Hall–Kier alpha value is -1.77. The van der Waals surface area contributed by atoms with Gasteiger partial charge in [0.25, 0.3) is 0 Å². The van der Waals surface area contributed by atoms with Gasteiger partial charge in [0.1, 0.15) is 11.5 Å². The van der Waals surface area contributed by atoms with Gasteiger partial charge in [0.15, 0.2) is 0 Å². The van der Waals surface area contributed by atoms with Crippen molar-refractivity contribution in [2.75, 3.05) is 6.61 Å². The van der Waals surface area contributed by atoms with Crippen LogP contribution in [0.4, 0.5) is 0 Å². The van der Waals surface area contributed by atoms with Gasteiger partial charge in [-0.15, -0.1) is 0 Å². The van der Waals surface area contributed by atoms with E-state index < -0.39 is 7.82 Å². The molecule has 0 bridgehead atoms. The highest BCUT2D eigenvalue weighted by molar-refractivity contribution is 7.49. The van der Waals surface area contributed by atoms with Crippen molar-refractivity contribution < 1.29 is 18.1 Å². The molecule has 0 radical (unpaired) electrons. The van der Waals surface area contributed by atoms with E-state index in [1.165, 1.54) is 0 Å². The van der Waals surface area contributed by atoms with Crippen LogP contribution in [0.15, 0.2) is 48.5 Å². The molecule has 0 amide bonds. The van der Waals surface area contributed by atoms with Crippen molar-refractivity contribution in [1.29, 1.82) is 0 Å². The second-order valence-electron chi connectivity index (χ2n) is 6.97. The molecule has 0 heterocycles. The summed E-state index contributed by atoms with van der Waals surface area (Å²) < 4.78 is 30.5. The summed E-state index contributed by atoms with van der Waals surface area (Å²) in [5.74, 6) is 1.27. The molecule has 0 N–H and O–H groups in total. The maximum Gasteiger partial charge on any atom is 0.587 e. The smallest absolute Gasteiger partial charge is 0.395 e. The van der Waals surface area contributed by atoms with Crippen LogP contribution in [0.2, 0.25) is 0 Å². The lowest BCUT2D eigenvalue weighted by atomic mass is 10.0. The number of hydrogen-bond acceptors (Lipinski definition) is 4. The van der Waals surface area contributed by atoms with Crippen LogP contribution in [0.25, 0.3) is 0 Å². The Morgan fingerprint density at radius 2 is 1.33 bits per heavy atom. The fourth-order valence-corrected chi connectivity index (χ4v) is 3.92. The highest BCUT2D eigenvalue weighted by atomic mass is 31.2. The normalized spacial score (nSPS) is 12.6. The quantitative estimate of drug-likeness (QED) is 0.384.